The maximum Gasteiger partial charge on any atom is 0.162 e. The molecule has 0 aliphatic carbocycles. The first-order valence-corrected chi connectivity index (χ1v) is 9.06. The van der Waals surface area contributed by atoms with Crippen molar-refractivity contribution in [3.8, 4) is 11.5 Å². The second-order valence-corrected chi connectivity index (χ2v) is 7.61. The minimum absolute atomic E-state index is 0.294. The minimum Gasteiger partial charge on any atom is -0.486 e. The first kappa shape index (κ1) is 15.7. The molecule has 0 aromatic heterocycles. The molecule has 0 saturated carbocycles. The largest absolute Gasteiger partial charge is 0.486 e. The predicted molar refractivity (Wildman–Crippen MR) is 94.7 cm³/mol. The zero-order valence-electron chi connectivity index (χ0n) is 10.7. The Morgan fingerprint density at radius 2 is 1.48 bits per heavy atom. The van der Waals surface area contributed by atoms with Gasteiger partial charge in [-0.15, -0.1) is 11.6 Å². The van der Waals surface area contributed by atoms with Gasteiger partial charge >= 0.3 is 0 Å². The maximum atomic E-state index is 6.67. The monoisotopic (exact) mass is 494 g/mol. The molecule has 1 aliphatic heterocycles. The summed E-state index contributed by atoms with van der Waals surface area (Å²) in [7, 11) is 0. The van der Waals surface area contributed by atoms with Crippen molar-refractivity contribution in [3.63, 3.8) is 0 Å². The Bertz CT molecular complexity index is 691. The van der Waals surface area contributed by atoms with Gasteiger partial charge in [0.05, 0.1) is 5.38 Å². The minimum atomic E-state index is -0.294. The molecule has 0 radical (unpaired) electrons. The summed E-state index contributed by atoms with van der Waals surface area (Å²) < 4.78 is 14.1. The molecule has 0 amide bonds. The van der Waals surface area contributed by atoms with Crippen molar-refractivity contribution in [2.45, 2.75) is 5.38 Å². The number of benzene rings is 2. The van der Waals surface area contributed by atoms with E-state index >= 15 is 0 Å². The van der Waals surface area contributed by atoms with E-state index in [9.17, 15) is 0 Å². The van der Waals surface area contributed by atoms with E-state index < -0.39 is 0 Å². The fraction of sp³-hybridized carbons (Fsp3) is 0.200. The molecule has 6 heteroatoms. The number of fused-ring (bicyclic) bond motifs is 1. The van der Waals surface area contributed by atoms with Crippen LogP contribution < -0.4 is 9.47 Å². The molecular formula is C15H10Br3ClO2. The van der Waals surface area contributed by atoms with Crippen LogP contribution >= 0.6 is 59.4 Å². The van der Waals surface area contributed by atoms with Crippen molar-refractivity contribution in [1.82, 2.24) is 0 Å². The molecule has 1 unspecified atom stereocenters. The normalized spacial score (nSPS) is 14.9. The van der Waals surface area contributed by atoms with Crippen LogP contribution in [0.1, 0.15) is 16.5 Å². The van der Waals surface area contributed by atoms with E-state index in [1.807, 2.05) is 30.3 Å². The summed E-state index contributed by atoms with van der Waals surface area (Å²) in [6.45, 7) is 1.13. The summed E-state index contributed by atoms with van der Waals surface area (Å²) in [4.78, 5) is 0. The van der Waals surface area contributed by atoms with E-state index in [4.69, 9.17) is 21.1 Å². The Morgan fingerprint density at radius 3 is 2.14 bits per heavy atom. The molecule has 0 spiro atoms. The first-order chi connectivity index (χ1) is 10.1. The highest BCUT2D eigenvalue weighted by atomic mass is 79.9. The Labute approximate surface area is 153 Å². The summed E-state index contributed by atoms with van der Waals surface area (Å²) in [5.41, 5.74) is 1.95. The van der Waals surface area contributed by atoms with Gasteiger partial charge in [-0.3, -0.25) is 0 Å². The molecule has 2 aromatic rings. The van der Waals surface area contributed by atoms with Crippen LogP contribution in [0.4, 0.5) is 0 Å². The molecule has 1 atom stereocenters. The highest BCUT2D eigenvalue weighted by Gasteiger charge is 2.21. The van der Waals surface area contributed by atoms with Crippen LogP contribution in [0.3, 0.4) is 0 Å². The van der Waals surface area contributed by atoms with Crippen LogP contribution in [0.15, 0.2) is 43.7 Å². The fourth-order valence-corrected chi connectivity index (χ4v) is 4.61. The van der Waals surface area contributed by atoms with Gasteiger partial charge in [0.15, 0.2) is 11.5 Å². The standard InChI is InChI=1S/C15H10Br3ClO2/c16-8-1-2-9(11(17)5-8)15(19)10-6-13-14(7-12(10)18)21-4-3-20-13/h1-2,5-7,15H,3-4H2. The van der Waals surface area contributed by atoms with Crippen molar-refractivity contribution in [1.29, 1.82) is 0 Å². The van der Waals surface area contributed by atoms with Gasteiger partial charge in [-0.05, 0) is 35.4 Å². The Morgan fingerprint density at radius 1 is 0.857 bits per heavy atom. The SMILES string of the molecule is ClC(c1ccc(Br)cc1Br)c1cc2c(cc1Br)OCCO2. The Hall–Kier alpha value is -0.230. The maximum absolute atomic E-state index is 6.67. The topological polar surface area (TPSA) is 18.5 Å². The lowest BCUT2D eigenvalue weighted by Crippen LogP contribution is -2.15. The summed E-state index contributed by atoms with van der Waals surface area (Å²) in [5.74, 6) is 1.48. The quantitative estimate of drug-likeness (QED) is 0.469. The molecule has 2 aromatic carbocycles. The van der Waals surface area contributed by atoms with E-state index in [-0.39, 0.29) is 5.38 Å². The Kier molecular flexibility index (Phi) is 4.84. The molecule has 110 valence electrons. The third-order valence-corrected chi connectivity index (χ3v) is 5.51. The molecular weight excluding hydrogens is 487 g/mol. The van der Waals surface area contributed by atoms with Crippen LogP contribution in [0.2, 0.25) is 0 Å². The number of rotatable bonds is 2. The van der Waals surface area contributed by atoms with Gasteiger partial charge in [-0.2, -0.15) is 0 Å². The van der Waals surface area contributed by atoms with Gasteiger partial charge in [-0.25, -0.2) is 0 Å². The van der Waals surface area contributed by atoms with Crippen LogP contribution in [0, 0.1) is 0 Å². The lowest BCUT2D eigenvalue weighted by Gasteiger charge is -2.22. The van der Waals surface area contributed by atoms with Crippen LogP contribution in [-0.2, 0) is 0 Å². The van der Waals surface area contributed by atoms with Gasteiger partial charge in [0, 0.05) is 13.4 Å². The molecule has 0 bridgehead atoms. The number of ether oxygens (including phenoxy) is 2. The number of halogens is 4. The number of alkyl halides is 1. The van der Waals surface area contributed by atoms with E-state index in [1.165, 1.54) is 0 Å². The highest BCUT2D eigenvalue weighted by molar-refractivity contribution is 9.11. The zero-order chi connectivity index (χ0) is 15.0. The number of hydrogen-bond donors (Lipinski definition) is 0. The lowest BCUT2D eigenvalue weighted by molar-refractivity contribution is 0.171. The van der Waals surface area contributed by atoms with Crippen molar-refractivity contribution in [2.24, 2.45) is 0 Å². The van der Waals surface area contributed by atoms with E-state index in [0.717, 1.165) is 36.0 Å². The van der Waals surface area contributed by atoms with Crippen LogP contribution in [-0.4, -0.2) is 13.2 Å². The lowest BCUT2D eigenvalue weighted by atomic mass is 10.0. The van der Waals surface area contributed by atoms with E-state index in [0.29, 0.717) is 13.2 Å². The summed E-state index contributed by atoms with van der Waals surface area (Å²) in [5, 5.41) is -0.294. The van der Waals surface area contributed by atoms with E-state index in [2.05, 4.69) is 47.8 Å². The zero-order valence-corrected chi connectivity index (χ0v) is 16.2. The molecule has 1 heterocycles. The molecule has 0 saturated heterocycles. The van der Waals surface area contributed by atoms with Crippen molar-refractivity contribution in [2.75, 3.05) is 13.2 Å². The van der Waals surface area contributed by atoms with Gasteiger partial charge < -0.3 is 9.47 Å². The molecule has 2 nitrogen and oxygen atoms in total. The smallest absolute Gasteiger partial charge is 0.162 e. The van der Waals surface area contributed by atoms with Gasteiger partial charge in [-0.1, -0.05) is 53.9 Å². The van der Waals surface area contributed by atoms with Gasteiger partial charge in [0.2, 0.25) is 0 Å². The number of hydrogen-bond acceptors (Lipinski definition) is 2. The predicted octanol–water partition coefficient (Wildman–Crippen LogP) is 6.07. The first-order valence-electron chi connectivity index (χ1n) is 6.24. The summed E-state index contributed by atoms with van der Waals surface area (Å²) >= 11 is 17.2. The second kappa shape index (κ2) is 6.49. The molecule has 3 rings (SSSR count). The average Bonchev–Trinajstić information content (AvgIpc) is 2.46. The third-order valence-electron chi connectivity index (χ3n) is 3.17. The summed E-state index contributed by atoms with van der Waals surface area (Å²) in [6, 6.07) is 9.80. The van der Waals surface area contributed by atoms with Crippen molar-refractivity contribution >= 4 is 59.4 Å². The van der Waals surface area contributed by atoms with Crippen molar-refractivity contribution in [3.05, 3.63) is 54.9 Å². The van der Waals surface area contributed by atoms with Gasteiger partial charge in [0.25, 0.3) is 0 Å². The van der Waals surface area contributed by atoms with Crippen LogP contribution in [0.5, 0.6) is 11.5 Å². The Balaban J connectivity index is 2.03. The molecule has 0 fully saturated rings. The van der Waals surface area contributed by atoms with Gasteiger partial charge in [0.1, 0.15) is 13.2 Å². The molecule has 0 N–H and O–H groups in total. The van der Waals surface area contributed by atoms with Crippen molar-refractivity contribution < 1.29 is 9.47 Å². The third kappa shape index (κ3) is 3.26. The van der Waals surface area contributed by atoms with Crippen LogP contribution in [0.25, 0.3) is 0 Å². The highest BCUT2D eigenvalue weighted by Crippen LogP contribution is 2.43. The molecule has 1 aliphatic rings. The summed E-state index contributed by atoms with van der Waals surface area (Å²) in [6.07, 6.45) is 0. The van der Waals surface area contributed by atoms with E-state index in [1.54, 1.807) is 0 Å². The second-order valence-electron chi connectivity index (χ2n) is 4.55. The molecule has 21 heavy (non-hydrogen) atoms. The average molecular weight is 497 g/mol. The fourth-order valence-electron chi connectivity index (χ4n) is 2.15.